The molecule has 2 amide bonds. The minimum absolute atomic E-state index is 0.01000. The molecule has 0 unspecified atom stereocenters. The lowest BCUT2D eigenvalue weighted by atomic mass is 9.92. The van der Waals surface area contributed by atoms with Crippen molar-refractivity contribution in [1.29, 1.82) is 0 Å². The lowest BCUT2D eigenvalue weighted by molar-refractivity contribution is -0.137. The van der Waals surface area contributed by atoms with E-state index in [2.05, 4.69) is 25.9 Å². The Labute approximate surface area is 189 Å². The van der Waals surface area contributed by atoms with Crippen molar-refractivity contribution >= 4 is 35.0 Å². The highest BCUT2D eigenvalue weighted by Gasteiger charge is 2.35. The van der Waals surface area contributed by atoms with Crippen molar-refractivity contribution in [3.63, 3.8) is 0 Å². The monoisotopic (exact) mass is 475 g/mol. The van der Waals surface area contributed by atoms with Gasteiger partial charge in [-0.2, -0.15) is 18.2 Å². The topological polar surface area (TPSA) is 116 Å². The van der Waals surface area contributed by atoms with Gasteiger partial charge in [0.15, 0.2) is 0 Å². The number of hydrogen-bond acceptors (Lipinski definition) is 5. The summed E-state index contributed by atoms with van der Waals surface area (Å²) in [6.07, 6.45) is -4.95. The first-order valence-electron chi connectivity index (χ1n) is 9.96. The Hall–Kier alpha value is -4.22. The zero-order valence-electron chi connectivity index (χ0n) is 17.5. The number of carbonyl (C=O) groups is 2. The van der Waals surface area contributed by atoms with Crippen molar-refractivity contribution in [3.05, 3.63) is 75.3 Å². The van der Waals surface area contributed by atoms with Crippen LogP contribution in [0.5, 0.6) is 0 Å². The molecule has 2 aromatic carbocycles. The van der Waals surface area contributed by atoms with Gasteiger partial charge in [0.1, 0.15) is 11.6 Å². The third-order valence-corrected chi connectivity index (χ3v) is 5.10. The third-order valence-electron chi connectivity index (χ3n) is 5.10. The van der Waals surface area contributed by atoms with Crippen LogP contribution < -0.4 is 21.5 Å². The van der Waals surface area contributed by atoms with Gasteiger partial charge >= 0.3 is 6.18 Å². The summed E-state index contributed by atoms with van der Waals surface area (Å²) in [5.41, 5.74) is -1.34. The van der Waals surface area contributed by atoms with Gasteiger partial charge in [0.25, 0.3) is 5.56 Å². The summed E-state index contributed by atoms with van der Waals surface area (Å²) in [6.45, 7) is 1.67. The first kappa shape index (κ1) is 23.0. The average Bonchev–Trinajstić information content (AvgIpc) is 2.74. The van der Waals surface area contributed by atoms with E-state index in [1.807, 2.05) is 0 Å². The highest BCUT2D eigenvalue weighted by molar-refractivity contribution is 6.04. The lowest BCUT2D eigenvalue weighted by Crippen LogP contribution is -2.36. The van der Waals surface area contributed by atoms with Crippen molar-refractivity contribution in [2.75, 3.05) is 16.0 Å². The Balaban J connectivity index is 1.63. The molecule has 4 N–H and O–H groups in total. The molecule has 12 heteroatoms. The van der Waals surface area contributed by atoms with Gasteiger partial charge in [0.05, 0.1) is 22.7 Å². The zero-order valence-corrected chi connectivity index (χ0v) is 17.5. The maximum Gasteiger partial charge on any atom is 0.416 e. The van der Waals surface area contributed by atoms with E-state index in [1.165, 1.54) is 24.3 Å². The second kappa shape index (κ2) is 8.61. The Morgan fingerprint density at radius 2 is 1.91 bits per heavy atom. The number of halogens is 4. The van der Waals surface area contributed by atoms with Gasteiger partial charge in [-0.1, -0.05) is 12.1 Å². The van der Waals surface area contributed by atoms with E-state index in [4.69, 9.17) is 0 Å². The molecule has 3 aromatic rings. The third kappa shape index (κ3) is 4.75. The van der Waals surface area contributed by atoms with Gasteiger partial charge < -0.3 is 16.0 Å². The molecule has 0 aliphatic carbocycles. The second-order valence-electron chi connectivity index (χ2n) is 7.66. The van der Waals surface area contributed by atoms with E-state index < -0.39 is 40.8 Å². The van der Waals surface area contributed by atoms with Crippen LogP contribution in [0.2, 0.25) is 0 Å². The Kier molecular flexibility index (Phi) is 5.82. The highest BCUT2D eigenvalue weighted by atomic mass is 19.4. The van der Waals surface area contributed by atoms with Crippen molar-refractivity contribution in [3.8, 4) is 0 Å². The number of H-pyrrole nitrogens is 1. The largest absolute Gasteiger partial charge is 0.416 e. The van der Waals surface area contributed by atoms with E-state index in [1.54, 1.807) is 13.0 Å². The van der Waals surface area contributed by atoms with Crippen LogP contribution in [0.4, 0.5) is 40.7 Å². The number of fused-ring (bicyclic) bond motifs is 1. The molecule has 1 aromatic heterocycles. The zero-order chi connectivity index (χ0) is 24.6. The molecule has 4 rings (SSSR count). The summed E-state index contributed by atoms with van der Waals surface area (Å²) < 4.78 is 53.0. The molecule has 0 saturated heterocycles. The number of carbonyl (C=O) groups excluding carboxylic acids is 2. The summed E-state index contributed by atoms with van der Waals surface area (Å²) in [4.78, 5) is 44.2. The fraction of sp³-hybridized carbons (Fsp3) is 0.182. The summed E-state index contributed by atoms with van der Waals surface area (Å²) in [6, 6.07) is 8.38. The normalized spacial score (nSPS) is 15.3. The molecule has 1 aliphatic rings. The van der Waals surface area contributed by atoms with Gasteiger partial charge in [-0.05, 0) is 42.8 Å². The molecule has 0 saturated carbocycles. The molecule has 2 heterocycles. The van der Waals surface area contributed by atoms with Gasteiger partial charge in [0.2, 0.25) is 17.8 Å². The predicted molar refractivity (Wildman–Crippen MR) is 115 cm³/mol. The van der Waals surface area contributed by atoms with Gasteiger partial charge in [-0.25, -0.2) is 4.39 Å². The first-order valence-corrected chi connectivity index (χ1v) is 9.96. The van der Waals surface area contributed by atoms with Crippen LogP contribution in [-0.2, 0) is 15.8 Å². The number of benzene rings is 2. The SMILES string of the molecule is Cc1ccc(NC(=O)[C@H]2CC(=O)Nc3nc(Nc4cccc(C(F)(F)F)c4)[nH]c(=O)c32)c(F)c1. The number of rotatable bonds is 4. The molecule has 1 aliphatic heterocycles. The molecular weight excluding hydrogens is 458 g/mol. The van der Waals surface area contributed by atoms with Crippen molar-refractivity contribution in [1.82, 2.24) is 9.97 Å². The summed E-state index contributed by atoms with van der Waals surface area (Å²) in [7, 11) is 0. The van der Waals surface area contributed by atoms with Gasteiger partial charge in [0, 0.05) is 12.1 Å². The maximum absolute atomic E-state index is 14.1. The fourth-order valence-corrected chi connectivity index (χ4v) is 3.51. The fourth-order valence-electron chi connectivity index (χ4n) is 3.51. The number of aromatic amines is 1. The number of aryl methyl sites for hydroxylation is 1. The van der Waals surface area contributed by atoms with Gasteiger partial charge in [-0.3, -0.25) is 19.4 Å². The van der Waals surface area contributed by atoms with Gasteiger partial charge in [-0.15, -0.1) is 0 Å². The van der Waals surface area contributed by atoms with E-state index >= 15 is 0 Å². The molecule has 0 fully saturated rings. The molecule has 176 valence electrons. The Morgan fingerprint density at radius 1 is 1.15 bits per heavy atom. The molecule has 1 atom stereocenters. The van der Waals surface area contributed by atoms with Crippen LogP contribution in [0.1, 0.15) is 29.0 Å². The molecular formula is C22H17F4N5O3. The van der Waals surface area contributed by atoms with Crippen LogP contribution in [0, 0.1) is 12.7 Å². The number of anilines is 4. The molecule has 0 radical (unpaired) electrons. The van der Waals surface area contributed by atoms with Crippen molar-refractivity contribution in [2.24, 2.45) is 0 Å². The number of nitrogens with zero attached hydrogens (tertiary/aromatic N) is 1. The predicted octanol–water partition coefficient (Wildman–Crippen LogP) is 4.04. The number of aromatic nitrogens is 2. The first-order chi connectivity index (χ1) is 16.0. The highest BCUT2D eigenvalue weighted by Crippen LogP contribution is 2.33. The van der Waals surface area contributed by atoms with E-state index in [9.17, 15) is 31.9 Å². The van der Waals surface area contributed by atoms with E-state index in [0.717, 1.165) is 12.1 Å². The van der Waals surface area contributed by atoms with Crippen molar-refractivity contribution < 1.29 is 27.2 Å². The van der Waals surface area contributed by atoms with Crippen LogP contribution in [0.3, 0.4) is 0 Å². The number of nitrogens with one attached hydrogen (secondary N) is 4. The maximum atomic E-state index is 14.1. The Morgan fingerprint density at radius 3 is 2.62 bits per heavy atom. The smallest absolute Gasteiger partial charge is 0.326 e. The second-order valence-corrected chi connectivity index (χ2v) is 7.66. The summed E-state index contributed by atoms with van der Waals surface area (Å²) in [5.74, 6) is -3.80. The van der Waals surface area contributed by atoms with E-state index in [-0.39, 0.29) is 35.1 Å². The van der Waals surface area contributed by atoms with Crippen LogP contribution in [-0.4, -0.2) is 21.8 Å². The quantitative estimate of drug-likeness (QED) is 0.425. The van der Waals surface area contributed by atoms with Crippen molar-refractivity contribution in [2.45, 2.75) is 25.4 Å². The standard InChI is InChI=1S/C22H17F4N5O3/c1-10-5-6-15(14(23)7-10)28-19(33)13-9-16(32)29-18-17(13)20(34)31-21(30-18)27-12-4-2-3-11(8-12)22(24,25)26/h2-8,13H,9H2,1H3,(H,28,33)(H3,27,29,30,31,32,34)/t13-/m0/s1. The molecule has 8 nitrogen and oxygen atoms in total. The number of hydrogen-bond donors (Lipinski definition) is 4. The van der Waals surface area contributed by atoms with Crippen LogP contribution in [0.15, 0.2) is 47.3 Å². The van der Waals surface area contributed by atoms with Crippen LogP contribution in [0.25, 0.3) is 0 Å². The number of amides is 2. The van der Waals surface area contributed by atoms with Crippen LogP contribution >= 0.6 is 0 Å². The lowest BCUT2D eigenvalue weighted by Gasteiger charge is -2.23. The average molecular weight is 475 g/mol. The number of alkyl halides is 3. The molecule has 0 bridgehead atoms. The summed E-state index contributed by atoms with van der Waals surface area (Å²) >= 11 is 0. The molecule has 0 spiro atoms. The Bertz CT molecular complexity index is 1350. The molecule has 34 heavy (non-hydrogen) atoms. The van der Waals surface area contributed by atoms with E-state index in [0.29, 0.717) is 5.56 Å². The minimum atomic E-state index is -4.57. The summed E-state index contributed by atoms with van der Waals surface area (Å²) in [5, 5.41) is 7.31. The minimum Gasteiger partial charge on any atom is -0.326 e.